The number of nitro benzene ring substituents is 1. The average molecular weight is 472 g/mol. The Labute approximate surface area is 173 Å². The van der Waals surface area contributed by atoms with Crippen molar-refractivity contribution in [3.8, 4) is 5.75 Å². The summed E-state index contributed by atoms with van der Waals surface area (Å²) in [4.78, 5) is 21.4. The van der Waals surface area contributed by atoms with Gasteiger partial charge in [0.1, 0.15) is 0 Å². The molecule has 1 N–H and O–H groups in total. The Morgan fingerprint density at radius 3 is 2.17 bits per heavy atom. The number of thioether (sulfide) groups is 2. The Kier molecular flexibility index (Phi) is 7.47. The smallest absolute Gasteiger partial charge is 0.446 e. The van der Waals surface area contributed by atoms with Crippen LogP contribution in [-0.2, 0) is 4.79 Å². The first-order chi connectivity index (χ1) is 13.8. The van der Waals surface area contributed by atoms with Crippen molar-refractivity contribution in [2.45, 2.75) is 20.8 Å². The van der Waals surface area contributed by atoms with Crippen LogP contribution in [0.4, 0.5) is 37.7 Å². The number of halogens is 6. The van der Waals surface area contributed by atoms with Crippen LogP contribution in [0.1, 0.15) is 0 Å². The average Bonchev–Trinajstić information content (AvgIpc) is 2.58. The van der Waals surface area contributed by atoms with Crippen molar-refractivity contribution in [1.82, 2.24) is 0 Å². The van der Waals surface area contributed by atoms with Gasteiger partial charge in [-0.2, -0.15) is 26.3 Å². The minimum absolute atomic E-state index is 0.0317. The summed E-state index contributed by atoms with van der Waals surface area (Å²) in [6.07, 6.45) is 0. The molecule has 0 saturated heterocycles. The fraction of sp³-hybridized carbons (Fsp3) is 0.188. The lowest BCUT2D eigenvalue weighted by Crippen LogP contribution is -2.20. The lowest BCUT2D eigenvalue weighted by Gasteiger charge is -2.11. The van der Waals surface area contributed by atoms with Crippen LogP contribution in [0.15, 0.2) is 52.3 Å². The lowest BCUT2D eigenvalue weighted by atomic mass is 10.3. The van der Waals surface area contributed by atoms with Gasteiger partial charge >= 0.3 is 16.7 Å². The van der Waals surface area contributed by atoms with Gasteiger partial charge in [-0.1, -0.05) is 6.07 Å². The van der Waals surface area contributed by atoms with Crippen LogP contribution in [0, 0.1) is 10.1 Å². The molecule has 0 fully saturated rings. The topological polar surface area (TPSA) is 81.5 Å². The molecule has 0 aliphatic rings. The van der Waals surface area contributed by atoms with Crippen molar-refractivity contribution >= 4 is 40.8 Å². The van der Waals surface area contributed by atoms with Gasteiger partial charge < -0.3 is 10.1 Å². The van der Waals surface area contributed by atoms with Gasteiger partial charge in [0.15, 0.2) is 12.4 Å². The molecule has 0 unspecified atom stereocenters. The van der Waals surface area contributed by atoms with Crippen molar-refractivity contribution in [3.05, 3.63) is 52.6 Å². The number of ether oxygens (including phenoxy) is 1. The first-order valence-corrected chi connectivity index (χ1v) is 9.28. The molecule has 0 saturated carbocycles. The van der Waals surface area contributed by atoms with Crippen LogP contribution >= 0.6 is 23.5 Å². The zero-order chi connectivity index (χ0) is 22.5. The van der Waals surface area contributed by atoms with E-state index in [0.29, 0.717) is 6.07 Å². The molecule has 6 nitrogen and oxygen atoms in total. The second kappa shape index (κ2) is 9.47. The Bertz CT molecular complexity index is 937. The van der Waals surface area contributed by atoms with E-state index < -0.39 is 56.5 Å². The number of carbonyl (C=O) groups is 1. The number of alkyl halides is 6. The van der Waals surface area contributed by atoms with E-state index >= 15 is 0 Å². The molecule has 14 heteroatoms. The molecule has 2 rings (SSSR count). The molecule has 0 heterocycles. The largest absolute Gasteiger partial charge is 0.477 e. The monoisotopic (exact) mass is 472 g/mol. The Balaban J connectivity index is 2.04. The minimum Gasteiger partial charge on any atom is -0.477 e. The van der Waals surface area contributed by atoms with E-state index in [1.165, 1.54) is 18.2 Å². The number of rotatable bonds is 7. The predicted molar refractivity (Wildman–Crippen MR) is 97.5 cm³/mol. The van der Waals surface area contributed by atoms with E-state index in [4.69, 9.17) is 4.74 Å². The van der Waals surface area contributed by atoms with Crippen LogP contribution in [0.3, 0.4) is 0 Å². The fourth-order valence-electron chi connectivity index (χ4n) is 2.07. The first kappa shape index (κ1) is 23.7. The van der Waals surface area contributed by atoms with E-state index in [2.05, 4.69) is 5.32 Å². The predicted octanol–water partition coefficient (Wildman–Crippen LogP) is 5.84. The number of benzene rings is 2. The number of hydrogen-bond acceptors (Lipinski definition) is 6. The SMILES string of the molecule is O=C(COc1ccc(SC(F)(F)F)cc1[N+](=O)[O-])Nc1cccc(SC(F)(F)F)c1. The Morgan fingerprint density at radius 1 is 1.00 bits per heavy atom. The highest BCUT2D eigenvalue weighted by atomic mass is 32.2. The molecular weight excluding hydrogens is 462 g/mol. The summed E-state index contributed by atoms with van der Waals surface area (Å²) in [6.45, 7) is -0.761. The summed E-state index contributed by atoms with van der Waals surface area (Å²) in [5.41, 5.74) is -9.90. The van der Waals surface area contributed by atoms with Crippen molar-refractivity contribution < 1.29 is 40.8 Å². The quantitative estimate of drug-likeness (QED) is 0.236. The summed E-state index contributed by atoms with van der Waals surface area (Å²) in [5.74, 6) is -1.28. The lowest BCUT2D eigenvalue weighted by molar-refractivity contribution is -0.386. The van der Waals surface area contributed by atoms with Crippen LogP contribution in [0.2, 0.25) is 0 Å². The molecule has 0 atom stereocenters. The van der Waals surface area contributed by atoms with Gasteiger partial charge in [0.2, 0.25) is 0 Å². The Morgan fingerprint density at radius 2 is 1.60 bits per heavy atom. The number of nitrogens with zero attached hydrogens (tertiary/aromatic N) is 1. The number of carbonyl (C=O) groups excluding carboxylic acids is 1. The van der Waals surface area contributed by atoms with Crippen LogP contribution in [0.5, 0.6) is 5.75 Å². The van der Waals surface area contributed by atoms with Gasteiger partial charge in [-0.3, -0.25) is 14.9 Å². The molecule has 0 aliphatic heterocycles. The Hall–Kier alpha value is -2.61. The molecule has 0 spiro atoms. The molecule has 2 aromatic rings. The highest BCUT2D eigenvalue weighted by Gasteiger charge is 2.31. The molecule has 1 amide bonds. The zero-order valence-corrected chi connectivity index (χ0v) is 16.0. The van der Waals surface area contributed by atoms with E-state index in [0.717, 1.165) is 18.2 Å². The van der Waals surface area contributed by atoms with E-state index in [-0.39, 0.29) is 22.3 Å². The molecule has 0 radical (unpaired) electrons. The van der Waals surface area contributed by atoms with Gasteiger partial charge in [-0.05, 0) is 53.9 Å². The highest BCUT2D eigenvalue weighted by Crippen LogP contribution is 2.40. The number of anilines is 1. The van der Waals surface area contributed by atoms with Crippen molar-refractivity contribution in [2.75, 3.05) is 11.9 Å². The van der Waals surface area contributed by atoms with Crippen LogP contribution < -0.4 is 10.1 Å². The van der Waals surface area contributed by atoms with Gasteiger partial charge in [0.05, 0.1) is 4.92 Å². The summed E-state index contributed by atoms with van der Waals surface area (Å²) < 4.78 is 79.4. The summed E-state index contributed by atoms with van der Waals surface area (Å²) >= 11 is -0.926. The van der Waals surface area contributed by atoms with E-state index in [9.17, 15) is 41.3 Å². The minimum atomic E-state index is -4.64. The van der Waals surface area contributed by atoms with Crippen molar-refractivity contribution in [2.24, 2.45) is 0 Å². The van der Waals surface area contributed by atoms with Crippen LogP contribution in [0.25, 0.3) is 0 Å². The maximum Gasteiger partial charge on any atom is 0.446 e. The van der Waals surface area contributed by atoms with Gasteiger partial charge in [-0.15, -0.1) is 0 Å². The number of nitro groups is 1. The molecule has 0 aliphatic carbocycles. The van der Waals surface area contributed by atoms with E-state index in [1.807, 2.05) is 0 Å². The molecular formula is C16H10F6N2O4S2. The number of hydrogen-bond donors (Lipinski definition) is 1. The van der Waals surface area contributed by atoms with Crippen molar-refractivity contribution in [1.29, 1.82) is 0 Å². The van der Waals surface area contributed by atoms with Gasteiger partial charge in [-0.25, -0.2) is 0 Å². The summed E-state index contributed by atoms with van der Waals surface area (Å²) in [6, 6.07) is 7.38. The second-order valence-corrected chi connectivity index (χ2v) is 7.62. The van der Waals surface area contributed by atoms with Gasteiger partial charge in [0, 0.05) is 21.5 Å². The highest BCUT2D eigenvalue weighted by molar-refractivity contribution is 8.00. The zero-order valence-electron chi connectivity index (χ0n) is 14.4. The van der Waals surface area contributed by atoms with Gasteiger partial charge in [0.25, 0.3) is 5.91 Å². The number of amides is 1. The molecule has 162 valence electrons. The summed E-state index contributed by atoms with van der Waals surface area (Å²) in [5, 5.41) is 13.3. The van der Waals surface area contributed by atoms with Crippen LogP contribution in [-0.4, -0.2) is 28.5 Å². The maximum atomic E-state index is 12.4. The van der Waals surface area contributed by atoms with Crippen molar-refractivity contribution in [3.63, 3.8) is 0 Å². The molecule has 2 aromatic carbocycles. The fourth-order valence-corrected chi connectivity index (χ4v) is 3.24. The standard InChI is InChI=1S/C16H10F6N2O4S2/c17-15(18,19)29-10-3-1-2-9(6-10)23-14(25)8-28-13-5-4-11(30-16(20,21)22)7-12(13)24(26)27/h1-7H,8H2,(H,23,25). The third-order valence-electron chi connectivity index (χ3n) is 3.07. The normalized spacial score (nSPS) is 11.8. The first-order valence-electron chi connectivity index (χ1n) is 7.65. The molecule has 0 bridgehead atoms. The third kappa shape index (κ3) is 8.02. The molecule has 0 aromatic heterocycles. The second-order valence-electron chi connectivity index (χ2n) is 5.35. The van der Waals surface area contributed by atoms with E-state index in [1.54, 1.807) is 0 Å². The maximum absolute atomic E-state index is 12.4. The number of nitrogens with one attached hydrogen (secondary N) is 1. The summed E-state index contributed by atoms with van der Waals surface area (Å²) in [7, 11) is 0. The third-order valence-corrected chi connectivity index (χ3v) is 4.51. The molecule has 30 heavy (non-hydrogen) atoms.